The lowest BCUT2D eigenvalue weighted by molar-refractivity contribution is 0.102. The molecular weight excluding hydrogens is 333 g/mol. The van der Waals surface area contributed by atoms with Crippen LogP contribution in [0.4, 0.5) is 15.9 Å². The number of halogens is 1. The van der Waals surface area contributed by atoms with Gasteiger partial charge in [-0.3, -0.25) is 4.79 Å². The lowest BCUT2D eigenvalue weighted by atomic mass is 10.2. The molecule has 128 valence electrons. The Morgan fingerprint density at radius 1 is 1.04 bits per heavy atom. The first-order valence-corrected chi connectivity index (χ1v) is 7.78. The van der Waals surface area contributed by atoms with Gasteiger partial charge in [0.15, 0.2) is 5.69 Å². The number of nitriles is 1. The minimum absolute atomic E-state index is 0.144. The molecule has 0 unspecified atom stereocenters. The molecule has 0 aliphatic heterocycles. The van der Waals surface area contributed by atoms with Crippen LogP contribution in [0.2, 0.25) is 0 Å². The molecule has 3 rings (SSSR count). The molecule has 0 spiro atoms. The molecule has 7 heteroatoms. The normalized spacial score (nSPS) is 10.0. The quantitative estimate of drug-likeness (QED) is 0.738. The minimum atomic E-state index is -0.414. The van der Waals surface area contributed by atoms with Gasteiger partial charge in [0.2, 0.25) is 0 Å². The fraction of sp³-hybridized carbons (Fsp3) is 0.0526. The van der Waals surface area contributed by atoms with Crippen LogP contribution in [-0.2, 0) is 6.54 Å². The van der Waals surface area contributed by atoms with Crippen LogP contribution < -0.4 is 10.6 Å². The summed E-state index contributed by atoms with van der Waals surface area (Å²) in [5, 5.41) is 22.2. The number of hydrogen-bond acceptors (Lipinski definition) is 5. The van der Waals surface area contributed by atoms with Gasteiger partial charge in [-0.25, -0.2) is 4.39 Å². The zero-order chi connectivity index (χ0) is 18.4. The molecule has 0 atom stereocenters. The molecule has 26 heavy (non-hydrogen) atoms. The van der Waals surface area contributed by atoms with E-state index in [4.69, 9.17) is 5.26 Å². The van der Waals surface area contributed by atoms with E-state index in [1.54, 1.807) is 48.5 Å². The zero-order valence-electron chi connectivity index (χ0n) is 13.6. The highest BCUT2D eigenvalue weighted by Crippen LogP contribution is 2.12. The van der Waals surface area contributed by atoms with E-state index in [2.05, 4.69) is 20.8 Å². The topological polar surface area (TPSA) is 90.7 Å². The highest BCUT2D eigenvalue weighted by Gasteiger charge is 2.09. The molecule has 0 aliphatic carbocycles. The Bertz CT molecular complexity index is 949. The fourth-order valence-electron chi connectivity index (χ4n) is 2.20. The zero-order valence-corrected chi connectivity index (χ0v) is 13.6. The molecule has 3 aromatic rings. The third-order valence-corrected chi connectivity index (χ3v) is 3.59. The molecule has 1 heterocycles. The van der Waals surface area contributed by atoms with Crippen molar-refractivity contribution in [3.63, 3.8) is 0 Å². The van der Waals surface area contributed by atoms with Gasteiger partial charge in [-0.05, 0) is 42.5 Å². The van der Waals surface area contributed by atoms with E-state index in [-0.39, 0.29) is 18.1 Å². The van der Waals surface area contributed by atoms with Crippen LogP contribution in [0.3, 0.4) is 0 Å². The third-order valence-electron chi connectivity index (χ3n) is 3.59. The fourth-order valence-corrected chi connectivity index (χ4v) is 2.20. The van der Waals surface area contributed by atoms with E-state index >= 15 is 0 Å². The Morgan fingerprint density at radius 2 is 1.81 bits per heavy atom. The second-order valence-electron chi connectivity index (χ2n) is 5.39. The second-order valence-corrected chi connectivity index (χ2v) is 5.39. The summed E-state index contributed by atoms with van der Waals surface area (Å²) in [6.07, 6.45) is 0. The number of nitrogens with one attached hydrogen (secondary N) is 2. The van der Waals surface area contributed by atoms with Crippen LogP contribution in [0.5, 0.6) is 0 Å². The summed E-state index contributed by atoms with van der Waals surface area (Å²) >= 11 is 0. The van der Waals surface area contributed by atoms with E-state index in [9.17, 15) is 9.18 Å². The lowest BCUT2D eigenvalue weighted by Gasteiger charge is -2.07. The van der Waals surface area contributed by atoms with Gasteiger partial charge in [-0.1, -0.05) is 18.2 Å². The number of nitrogens with zero attached hydrogens (tertiary/aromatic N) is 3. The number of carbonyl (C=O) groups excluding carboxylic acids is 1. The molecule has 0 bridgehead atoms. The maximum absolute atomic E-state index is 13.6. The van der Waals surface area contributed by atoms with Gasteiger partial charge < -0.3 is 10.6 Å². The molecule has 6 nitrogen and oxygen atoms in total. The molecule has 2 aromatic carbocycles. The summed E-state index contributed by atoms with van der Waals surface area (Å²) in [5.41, 5.74) is 1.72. The van der Waals surface area contributed by atoms with Crippen molar-refractivity contribution in [2.45, 2.75) is 6.54 Å². The Balaban J connectivity index is 1.60. The van der Waals surface area contributed by atoms with Gasteiger partial charge >= 0.3 is 0 Å². The first kappa shape index (κ1) is 17.0. The lowest BCUT2D eigenvalue weighted by Crippen LogP contribution is -2.15. The van der Waals surface area contributed by atoms with Gasteiger partial charge in [-0.15, -0.1) is 10.2 Å². The highest BCUT2D eigenvalue weighted by atomic mass is 19.1. The van der Waals surface area contributed by atoms with Crippen molar-refractivity contribution in [1.82, 2.24) is 10.2 Å². The van der Waals surface area contributed by atoms with Crippen LogP contribution in [0, 0.1) is 17.1 Å². The Labute approximate surface area is 149 Å². The van der Waals surface area contributed by atoms with E-state index < -0.39 is 5.91 Å². The number of anilines is 2. The standard InChI is InChI=1S/C19H14FN5O/c20-16-4-2-1-3-14(16)12-22-18-10-9-17(24-25-18)19(26)23-15-7-5-13(11-21)6-8-15/h1-10H,12H2,(H,22,25)(H,23,26). The van der Waals surface area contributed by atoms with Crippen molar-refractivity contribution in [2.75, 3.05) is 10.6 Å². The summed E-state index contributed by atoms with van der Waals surface area (Å²) < 4.78 is 13.6. The summed E-state index contributed by atoms with van der Waals surface area (Å²) in [4.78, 5) is 12.2. The van der Waals surface area contributed by atoms with Crippen molar-refractivity contribution >= 4 is 17.4 Å². The average molecular weight is 347 g/mol. The Kier molecular flexibility index (Phi) is 5.15. The number of hydrogen-bond donors (Lipinski definition) is 2. The predicted molar refractivity (Wildman–Crippen MR) is 94.9 cm³/mol. The number of amides is 1. The van der Waals surface area contributed by atoms with Crippen LogP contribution >= 0.6 is 0 Å². The summed E-state index contributed by atoms with van der Waals surface area (Å²) in [6.45, 7) is 0.262. The molecule has 0 saturated carbocycles. The van der Waals surface area contributed by atoms with Crippen molar-refractivity contribution in [1.29, 1.82) is 5.26 Å². The van der Waals surface area contributed by atoms with Crippen LogP contribution in [0.1, 0.15) is 21.6 Å². The van der Waals surface area contributed by atoms with Gasteiger partial charge in [-0.2, -0.15) is 5.26 Å². The first-order valence-electron chi connectivity index (χ1n) is 7.78. The Morgan fingerprint density at radius 3 is 2.46 bits per heavy atom. The molecule has 0 radical (unpaired) electrons. The van der Waals surface area contributed by atoms with E-state index in [1.807, 2.05) is 6.07 Å². The van der Waals surface area contributed by atoms with Gasteiger partial charge in [0, 0.05) is 17.8 Å². The Hall–Kier alpha value is -3.79. The molecule has 0 saturated heterocycles. The maximum Gasteiger partial charge on any atom is 0.276 e. The molecular formula is C19H14FN5O. The maximum atomic E-state index is 13.6. The smallest absolute Gasteiger partial charge is 0.276 e. The molecule has 0 fully saturated rings. The van der Waals surface area contributed by atoms with Gasteiger partial charge in [0.25, 0.3) is 5.91 Å². The van der Waals surface area contributed by atoms with Crippen LogP contribution in [0.25, 0.3) is 0 Å². The number of rotatable bonds is 5. The van der Waals surface area contributed by atoms with Gasteiger partial charge in [0.1, 0.15) is 11.6 Å². The monoisotopic (exact) mass is 347 g/mol. The predicted octanol–water partition coefficient (Wildman–Crippen LogP) is 3.35. The van der Waals surface area contributed by atoms with Crippen molar-refractivity contribution in [2.24, 2.45) is 0 Å². The average Bonchev–Trinajstić information content (AvgIpc) is 2.68. The summed E-state index contributed by atoms with van der Waals surface area (Å²) in [6, 6.07) is 18.1. The molecule has 1 amide bonds. The van der Waals surface area contributed by atoms with E-state index in [1.165, 1.54) is 12.1 Å². The highest BCUT2D eigenvalue weighted by molar-refractivity contribution is 6.02. The van der Waals surface area contributed by atoms with Crippen molar-refractivity contribution < 1.29 is 9.18 Å². The largest absolute Gasteiger partial charge is 0.364 e. The number of benzene rings is 2. The number of aromatic nitrogens is 2. The molecule has 1 aromatic heterocycles. The molecule has 0 aliphatic rings. The molecule has 2 N–H and O–H groups in total. The SMILES string of the molecule is N#Cc1ccc(NC(=O)c2ccc(NCc3ccccc3F)nn2)cc1. The third kappa shape index (κ3) is 4.19. The second kappa shape index (κ2) is 7.85. The van der Waals surface area contributed by atoms with Gasteiger partial charge in [0.05, 0.1) is 11.6 Å². The van der Waals surface area contributed by atoms with E-state index in [0.717, 1.165) is 0 Å². The van der Waals surface area contributed by atoms with Crippen LogP contribution in [0.15, 0.2) is 60.7 Å². The number of carbonyl (C=O) groups is 1. The summed E-state index contributed by atoms with van der Waals surface area (Å²) in [7, 11) is 0. The van der Waals surface area contributed by atoms with Crippen molar-refractivity contribution in [3.8, 4) is 6.07 Å². The summed E-state index contributed by atoms with van der Waals surface area (Å²) in [5.74, 6) is -0.280. The van der Waals surface area contributed by atoms with Crippen molar-refractivity contribution in [3.05, 3.63) is 83.3 Å². The van der Waals surface area contributed by atoms with E-state index in [0.29, 0.717) is 22.6 Å². The van der Waals surface area contributed by atoms with Crippen LogP contribution in [-0.4, -0.2) is 16.1 Å². The minimum Gasteiger partial charge on any atom is -0.364 e. The first-order chi connectivity index (χ1) is 12.7.